The lowest BCUT2D eigenvalue weighted by Crippen LogP contribution is -2.46. The van der Waals surface area contributed by atoms with E-state index in [1.165, 1.54) is 25.7 Å². The molecule has 0 aromatic rings. The molecule has 1 rings (SSSR count). The SMILES string of the molecule is CCN(CC)CC(O)CNC1(C)CCCC1. The first kappa shape index (κ1) is 13.9. The monoisotopic (exact) mass is 228 g/mol. The minimum Gasteiger partial charge on any atom is -0.390 e. The number of hydrogen-bond acceptors (Lipinski definition) is 3. The first-order valence-electron chi connectivity index (χ1n) is 6.75. The Labute approximate surface area is 100 Å². The van der Waals surface area contributed by atoms with Gasteiger partial charge in [0.25, 0.3) is 0 Å². The standard InChI is InChI=1S/C13H28N2O/c1-4-15(5-2)11-12(16)10-14-13(3)8-6-7-9-13/h12,14,16H,4-11H2,1-3H3. The quantitative estimate of drug-likeness (QED) is 0.695. The number of rotatable bonds is 7. The summed E-state index contributed by atoms with van der Waals surface area (Å²) >= 11 is 0. The van der Waals surface area contributed by atoms with E-state index >= 15 is 0 Å². The molecular weight excluding hydrogens is 200 g/mol. The summed E-state index contributed by atoms with van der Waals surface area (Å²) < 4.78 is 0. The van der Waals surface area contributed by atoms with Crippen molar-refractivity contribution < 1.29 is 5.11 Å². The fourth-order valence-electron chi connectivity index (χ4n) is 2.54. The number of nitrogens with zero attached hydrogens (tertiary/aromatic N) is 1. The van der Waals surface area contributed by atoms with Crippen molar-refractivity contribution in [1.82, 2.24) is 10.2 Å². The Morgan fingerprint density at radius 2 is 1.81 bits per heavy atom. The molecule has 0 aromatic heterocycles. The van der Waals surface area contributed by atoms with Crippen molar-refractivity contribution in [1.29, 1.82) is 0 Å². The highest BCUT2D eigenvalue weighted by Crippen LogP contribution is 2.28. The van der Waals surface area contributed by atoms with E-state index in [0.717, 1.165) is 26.2 Å². The van der Waals surface area contributed by atoms with Crippen molar-refractivity contribution in [2.45, 2.75) is 58.1 Å². The molecule has 0 saturated heterocycles. The number of aliphatic hydroxyl groups excluding tert-OH is 1. The van der Waals surface area contributed by atoms with E-state index < -0.39 is 0 Å². The van der Waals surface area contributed by atoms with E-state index in [1.807, 2.05) is 0 Å². The second-order valence-corrected chi connectivity index (χ2v) is 5.29. The predicted molar refractivity (Wildman–Crippen MR) is 68.7 cm³/mol. The summed E-state index contributed by atoms with van der Waals surface area (Å²) in [5.74, 6) is 0. The van der Waals surface area contributed by atoms with Crippen LogP contribution in [-0.4, -0.2) is 47.8 Å². The second-order valence-electron chi connectivity index (χ2n) is 5.29. The molecule has 1 unspecified atom stereocenters. The van der Waals surface area contributed by atoms with E-state index in [1.54, 1.807) is 0 Å². The maximum Gasteiger partial charge on any atom is 0.0791 e. The van der Waals surface area contributed by atoms with Gasteiger partial charge in [0.05, 0.1) is 6.10 Å². The topological polar surface area (TPSA) is 35.5 Å². The van der Waals surface area contributed by atoms with E-state index in [2.05, 4.69) is 31.0 Å². The van der Waals surface area contributed by atoms with Gasteiger partial charge in [-0.15, -0.1) is 0 Å². The van der Waals surface area contributed by atoms with E-state index in [9.17, 15) is 5.11 Å². The molecule has 0 aromatic carbocycles. The lowest BCUT2D eigenvalue weighted by molar-refractivity contribution is 0.108. The summed E-state index contributed by atoms with van der Waals surface area (Å²) in [7, 11) is 0. The Morgan fingerprint density at radius 3 is 2.31 bits per heavy atom. The summed E-state index contributed by atoms with van der Waals surface area (Å²) in [6, 6.07) is 0. The smallest absolute Gasteiger partial charge is 0.0791 e. The lowest BCUT2D eigenvalue weighted by atomic mass is 10.0. The van der Waals surface area contributed by atoms with Crippen LogP contribution in [0.15, 0.2) is 0 Å². The van der Waals surface area contributed by atoms with Crippen molar-refractivity contribution >= 4 is 0 Å². The molecule has 16 heavy (non-hydrogen) atoms. The molecule has 0 aliphatic heterocycles. The van der Waals surface area contributed by atoms with Gasteiger partial charge in [-0.2, -0.15) is 0 Å². The molecule has 1 aliphatic rings. The fourth-order valence-corrected chi connectivity index (χ4v) is 2.54. The molecule has 0 radical (unpaired) electrons. The van der Waals surface area contributed by atoms with Crippen LogP contribution in [0.5, 0.6) is 0 Å². The third-order valence-electron chi connectivity index (χ3n) is 3.83. The predicted octanol–water partition coefficient (Wildman–Crippen LogP) is 1.61. The normalized spacial score (nSPS) is 21.6. The van der Waals surface area contributed by atoms with Gasteiger partial charge in [-0.1, -0.05) is 26.7 Å². The van der Waals surface area contributed by atoms with Crippen LogP contribution in [0.3, 0.4) is 0 Å². The molecule has 0 heterocycles. The lowest BCUT2D eigenvalue weighted by Gasteiger charge is -2.28. The minimum atomic E-state index is -0.239. The van der Waals surface area contributed by atoms with Gasteiger partial charge in [0.15, 0.2) is 0 Å². The van der Waals surface area contributed by atoms with Crippen molar-refractivity contribution in [3.8, 4) is 0 Å². The number of nitrogens with one attached hydrogen (secondary N) is 1. The fraction of sp³-hybridized carbons (Fsp3) is 1.00. The van der Waals surface area contributed by atoms with Crippen LogP contribution in [0.25, 0.3) is 0 Å². The molecule has 1 fully saturated rings. The molecule has 2 N–H and O–H groups in total. The Kier molecular flexibility index (Phi) is 5.73. The van der Waals surface area contributed by atoms with Crippen LogP contribution in [-0.2, 0) is 0 Å². The van der Waals surface area contributed by atoms with Crippen LogP contribution >= 0.6 is 0 Å². The van der Waals surface area contributed by atoms with Crippen LogP contribution < -0.4 is 5.32 Å². The van der Waals surface area contributed by atoms with Gasteiger partial charge in [-0.05, 0) is 32.9 Å². The zero-order valence-corrected chi connectivity index (χ0v) is 11.1. The Morgan fingerprint density at radius 1 is 1.25 bits per heavy atom. The van der Waals surface area contributed by atoms with Gasteiger partial charge in [0, 0.05) is 18.6 Å². The summed E-state index contributed by atoms with van der Waals surface area (Å²) in [5, 5.41) is 13.5. The molecular formula is C13H28N2O. The molecule has 0 spiro atoms. The first-order chi connectivity index (χ1) is 7.59. The van der Waals surface area contributed by atoms with Crippen LogP contribution in [0.2, 0.25) is 0 Å². The van der Waals surface area contributed by atoms with E-state index in [0.29, 0.717) is 0 Å². The average Bonchev–Trinajstić information content (AvgIpc) is 2.71. The third kappa shape index (κ3) is 4.40. The highest BCUT2D eigenvalue weighted by atomic mass is 16.3. The number of aliphatic hydroxyl groups is 1. The van der Waals surface area contributed by atoms with Gasteiger partial charge in [-0.3, -0.25) is 0 Å². The highest BCUT2D eigenvalue weighted by molar-refractivity contribution is 4.88. The molecule has 0 bridgehead atoms. The molecule has 0 amide bonds. The largest absolute Gasteiger partial charge is 0.390 e. The van der Waals surface area contributed by atoms with Crippen LogP contribution in [0, 0.1) is 0 Å². The number of β-amino-alcohol motifs (C(OH)–C–C–N with tert-alkyl or cyclic N) is 1. The van der Waals surface area contributed by atoms with Gasteiger partial charge in [0.1, 0.15) is 0 Å². The number of hydrogen-bond donors (Lipinski definition) is 2. The van der Waals surface area contributed by atoms with Crippen molar-refractivity contribution in [2.75, 3.05) is 26.2 Å². The minimum absolute atomic E-state index is 0.239. The van der Waals surface area contributed by atoms with Crippen molar-refractivity contribution in [3.05, 3.63) is 0 Å². The summed E-state index contributed by atoms with van der Waals surface area (Å²) in [6.45, 7) is 10.1. The molecule has 1 aliphatic carbocycles. The third-order valence-corrected chi connectivity index (χ3v) is 3.83. The van der Waals surface area contributed by atoms with E-state index in [4.69, 9.17) is 0 Å². The highest BCUT2D eigenvalue weighted by Gasteiger charge is 2.28. The maximum absolute atomic E-state index is 9.95. The maximum atomic E-state index is 9.95. The summed E-state index contributed by atoms with van der Waals surface area (Å²) in [6.07, 6.45) is 4.93. The Balaban J connectivity index is 2.21. The second kappa shape index (κ2) is 6.58. The van der Waals surface area contributed by atoms with Gasteiger partial charge < -0.3 is 15.3 Å². The van der Waals surface area contributed by atoms with Crippen molar-refractivity contribution in [2.24, 2.45) is 0 Å². The van der Waals surface area contributed by atoms with Crippen LogP contribution in [0.4, 0.5) is 0 Å². The molecule has 3 heteroatoms. The van der Waals surface area contributed by atoms with E-state index in [-0.39, 0.29) is 11.6 Å². The van der Waals surface area contributed by atoms with Gasteiger partial charge >= 0.3 is 0 Å². The summed E-state index contributed by atoms with van der Waals surface area (Å²) in [5.41, 5.74) is 0.282. The number of likely N-dealkylation sites (N-methyl/N-ethyl adjacent to an activating group) is 1. The van der Waals surface area contributed by atoms with Crippen LogP contribution in [0.1, 0.15) is 46.5 Å². The van der Waals surface area contributed by atoms with Gasteiger partial charge in [-0.25, -0.2) is 0 Å². The van der Waals surface area contributed by atoms with Gasteiger partial charge in [0.2, 0.25) is 0 Å². The summed E-state index contributed by atoms with van der Waals surface area (Å²) in [4.78, 5) is 2.27. The van der Waals surface area contributed by atoms with Crippen molar-refractivity contribution in [3.63, 3.8) is 0 Å². The molecule has 1 saturated carbocycles. The zero-order chi connectivity index (χ0) is 12.0. The Bertz CT molecular complexity index is 186. The average molecular weight is 228 g/mol. The molecule has 96 valence electrons. The zero-order valence-electron chi connectivity index (χ0n) is 11.1. The molecule has 1 atom stereocenters. The Hall–Kier alpha value is -0.120. The molecule has 3 nitrogen and oxygen atoms in total. The first-order valence-corrected chi connectivity index (χ1v) is 6.75.